The van der Waals surface area contributed by atoms with Crippen LogP contribution < -0.4 is 0 Å². The number of hydrogen-bond acceptors (Lipinski definition) is 5. The lowest BCUT2D eigenvalue weighted by Crippen LogP contribution is -2.30. The summed E-state index contributed by atoms with van der Waals surface area (Å²) in [5.41, 5.74) is 0.316. The Morgan fingerprint density at radius 1 is 1.29 bits per heavy atom. The third-order valence-electron chi connectivity index (χ3n) is 2.66. The predicted molar refractivity (Wildman–Crippen MR) is 58.7 cm³/mol. The first-order chi connectivity index (χ1) is 7.95. The van der Waals surface area contributed by atoms with Gasteiger partial charge in [0.1, 0.15) is 5.25 Å². The SMILES string of the molecule is O=C1C[C@H](S(=O)(=O)O)c2ccccc2/C1=N\O. The summed E-state index contributed by atoms with van der Waals surface area (Å²) in [5.74, 6) is -0.617. The third kappa shape index (κ3) is 1.94. The van der Waals surface area contributed by atoms with Crippen molar-refractivity contribution in [2.45, 2.75) is 11.7 Å². The van der Waals surface area contributed by atoms with Crippen LogP contribution >= 0.6 is 0 Å². The van der Waals surface area contributed by atoms with Crippen molar-refractivity contribution in [1.82, 2.24) is 0 Å². The fraction of sp³-hybridized carbons (Fsp3) is 0.200. The molecule has 1 aromatic carbocycles. The molecule has 1 aliphatic rings. The van der Waals surface area contributed by atoms with Crippen molar-refractivity contribution in [2.75, 3.05) is 0 Å². The molecule has 0 saturated heterocycles. The van der Waals surface area contributed by atoms with Gasteiger partial charge in [0.15, 0.2) is 11.5 Å². The van der Waals surface area contributed by atoms with Gasteiger partial charge in [0.25, 0.3) is 10.1 Å². The van der Waals surface area contributed by atoms with Crippen LogP contribution in [0.2, 0.25) is 0 Å². The van der Waals surface area contributed by atoms with Gasteiger partial charge in [-0.3, -0.25) is 9.35 Å². The molecule has 0 fully saturated rings. The molecule has 7 heteroatoms. The highest BCUT2D eigenvalue weighted by Gasteiger charge is 2.37. The zero-order valence-corrected chi connectivity index (χ0v) is 9.38. The largest absolute Gasteiger partial charge is 0.410 e. The number of hydrogen-bond donors (Lipinski definition) is 2. The van der Waals surface area contributed by atoms with Gasteiger partial charge in [-0.15, -0.1) is 0 Å². The van der Waals surface area contributed by atoms with Crippen LogP contribution in [0, 0.1) is 0 Å². The van der Waals surface area contributed by atoms with Crippen molar-refractivity contribution in [3.63, 3.8) is 0 Å². The van der Waals surface area contributed by atoms with E-state index in [1.807, 2.05) is 0 Å². The lowest BCUT2D eigenvalue weighted by Gasteiger charge is -2.22. The predicted octanol–water partition coefficient (Wildman–Crippen LogP) is 0.767. The van der Waals surface area contributed by atoms with Gasteiger partial charge < -0.3 is 5.21 Å². The topological polar surface area (TPSA) is 104 Å². The van der Waals surface area contributed by atoms with E-state index in [0.29, 0.717) is 0 Å². The molecule has 0 aromatic heterocycles. The van der Waals surface area contributed by atoms with Crippen LogP contribution in [0.15, 0.2) is 29.4 Å². The Morgan fingerprint density at radius 2 is 1.94 bits per heavy atom. The molecule has 0 aliphatic heterocycles. The molecule has 90 valence electrons. The summed E-state index contributed by atoms with van der Waals surface area (Å²) in [7, 11) is -4.36. The quantitative estimate of drug-likeness (QED) is 0.438. The first kappa shape index (κ1) is 11.7. The summed E-state index contributed by atoms with van der Waals surface area (Å²) in [4.78, 5) is 11.6. The number of fused-ring (bicyclic) bond motifs is 1. The molecule has 6 nitrogen and oxygen atoms in total. The Labute approximate surface area is 97.3 Å². The Morgan fingerprint density at radius 3 is 2.53 bits per heavy atom. The Kier molecular flexibility index (Phi) is 2.72. The zero-order valence-electron chi connectivity index (χ0n) is 8.57. The van der Waals surface area contributed by atoms with Gasteiger partial charge in [0.05, 0.1) is 0 Å². The average Bonchev–Trinajstić information content (AvgIpc) is 2.27. The minimum Gasteiger partial charge on any atom is -0.410 e. The van der Waals surface area contributed by atoms with Crippen LogP contribution in [0.1, 0.15) is 22.8 Å². The van der Waals surface area contributed by atoms with Crippen LogP contribution in [0.5, 0.6) is 0 Å². The van der Waals surface area contributed by atoms with E-state index < -0.39 is 27.6 Å². The summed E-state index contributed by atoms with van der Waals surface area (Å²) < 4.78 is 31.5. The van der Waals surface area contributed by atoms with Gasteiger partial charge in [-0.25, -0.2) is 0 Å². The zero-order chi connectivity index (χ0) is 12.6. The molecule has 0 bridgehead atoms. The number of carbonyl (C=O) groups is 1. The summed E-state index contributed by atoms with van der Waals surface area (Å²) in [6.07, 6.45) is -0.421. The third-order valence-corrected chi connectivity index (χ3v) is 3.80. The molecule has 17 heavy (non-hydrogen) atoms. The van der Waals surface area contributed by atoms with Crippen molar-refractivity contribution in [3.8, 4) is 0 Å². The second-order valence-corrected chi connectivity index (χ2v) is 5.27. The van der Waals surface area contributed by atoms with Gasteiger partial charge in [-0.1, -0.05) is 29.4 Å². The Bertz CT molecular complexity index is 605. The molecule has 0 radical (unpaired) electrons. The Hall–Kier alpha value is -1.73. The number of oxime groups is 1. The number of rotatable bonds is 1. The lowest BCUT2D eigenvalue weighted by atomic mass is 9.89. The standard InChI is InChI=1S/C10H9NO5S/c12-8-5-9(17(14,15)16)6-3-1-2-4-7(6)10(8)11-13/h1-4,9,13H,5H2,(H,14,15,16)/b11-10+/t9-/m0/s1. The van der Waals surface area contributed by atoms with Crippen molar-refractivity contribution >= 4 is 21.6 Å². The lowest BCUT2D eigenvalue weighted by molar-refractivity contribution is -0.113. The molecule has 0 unspecified atom stereocenters. The molecule has 2 rings (SSSR count). The molecule has 0 saturated carbocycles. The highest BCUT2D eigenvalue weighted by atomic mass is 32.2. The van der Waals surface area contributed by atoms with Gasteiger partial charge in [0, 0.05) is 12.0 Å². The van der Waals surface area contributed by atoms with E-state index in [4.69, 9.17) is 9.76 Å². The van der Waals surface area contributed by atoms with Crippen LogP contribution in [0.25, 0.3) is 0 Å². The average molecular weight is 255 g/mol. The molecule has 0 heterocycles. The second-order valence-electron chi connectivity index (χ2n) is 3.67. The molecular formula is C10H9NO5S. The fourth-order valence-corrected chi connectivity index (χ4v) is 2.78. The van der Waals surface area contributed by atoms with E-state index in [2.05, 4.69) is 5.16 Å². The molecule has 1 aromatic rings. The fourth-order valence-electron chi connectivity index (χ4n) is 1.89. The van der Waals surface area contributed by atoms with Crippen LogP contribution in [0.4, 0.5) is 0 Å². The highest BCUT2D eigenvalue weighted by Crippen LogP contribution is 2.33. The molecule has 1 atom stereocenters. The smallest absolute Gasteiger partial charge is 0.272 e. The van der Waals surface area contributed by atoms with Crippen molar-refractivity contribution in [1.29, 1.82) is 0 Å². The first-order valence-corrected chi connectivity index (χ1v) is 6.26. The maximum Gasteiger partial charge on any atom is 0.272 e. The van der Waals surface area contributed by atoms with Gasteiger partial charge >= 0.3 is 0 Å². The van der Waals surface area contributed by atoms with E-state index in [1.54, 1.807) is 12.1 Å². The molecular weight excluding hydrogens is 246 g/mol. The maximum absolute atomic E-state index is 11.6. The van der Waals surface area contributed by atoms with E-state index in [0.717, 1.165) is 0 Å². The van der Waals surface area contributed by atoms with Crippen LogP contribution in [0.3, 0.4) is 0 Å². The number of carbonyl (C=O) groups excluding carboxylic acids is 1. The second kappa shape index (κ2) is 3.94. The number of benzene rings is 1. The molecule has 0 amide bonds. The maximum atomic E-state index is 11.6. The van der Waals surface area contributed by atoms with Crippen molar-refractivity contribution in [3.05, 3.63) is 35.4 Å². The number of nitrogens with zero attached hydrogens (tertiary/aromatic N) is 1. The monoisotopic (exact) mass is 255 g/mol. The first-order valence-electron chi connectivity index (χ1n) is 4.76. The molecule has 0 spiro atoms. The molecule has 2 N–H and O–H groups in total. The van der Waals surface area contributed by atoms with E-state index in [9.17, 15) is 13.2 Å². The summed E-state index contributed by atoms with van der Waals surface area (Å²) in [6.45, 7) is 0. The van der Waals surface area contributed by atoms with Gasteiger partial charge in [0.2, 0.25) is 0 Å². The van der Waals surface area contributed by atoms with Crippen LogP contribution in [-0.2, 0) is 14.9 Å². The summed E-state index contributed by atoms with van der Waals surface area (Å²) in [6, 6.07) is 6.12. The Balaban J connectivity index is 2.69. The van der Waals surface area contributed by atoms with Gasteiger partial charge in [-0.05, 0) is 5.56 Å². The summed E-state index contributed by atoms with van der Waals surface area (Å²) in [5, 5.41) is 10.3. The van der Waals surface area contributed by atoms with Crippen molar-refractivity contribution in [2.24, 2.45) is 5.16 Å². The minimum atomic E-state index is -4.36. The normalized spacial score (nSPS) is 22.5. The molecule has 1 aliphatic carbocycles. The highest BCUT2D eigenvalue weighted by molar-refractivity contribution is 7.86. The van der Waals surface area contributed by atoms with E-state index in [-0.39, 0.29) is 16.8 Å². The van der Waals surface area contributed by atoms with Crippen LogP contribution in [-0.4, -0.2) is 29.7 Å². The van der Waals surface area contributed by atoms with E-state index >= 15 is 0 Å². The van der Waals surface area contributed by atoms with E-state index in [1.165, 1.54) is 12.1 Å². The van der Waals surface area contributed by atoms with Gasteiger partial charge in [-0.2, -0.15) is 8.42 Å². The minimum absolute atomic E-state index is 0.180. The van der Waals surface area contributed by atoms with Crippen molar-refractivity contribution < 1.29 is 23.0 Å². The summed E-state index contributed by atoms with van der Waals surface area (Å²) >= 11 is 0. The number of ketones is 1. The number of Topliss-reactive ketones (excluding diaryl/α,β-unsaturated/α-hetero) is 1.